The second-order valence-electron chi connectivity index (χ2n) is 2.47. The van der Waals surface area contributed by atoms with Gasteiger partial charge in [0.1, 0.15) is 6.33 Å². The van der Waals surface area contributed by atoms with Crippen molar-refractivity contribution in [1.29, 1.82) is 0 Å². The summed E-state index contributed by atoms with van der Waals surface area (Å²) in [6.07, 6.45) is 1.48. The number of hydrogen-bond acceptors (Lipinski definition) is 4. The standard InChI is InChI=1S/C8H8N4S/c9-6-2-1-3-7(4-6)13-8-10-5-11-12-8/h1-5H,9H2,(H,10,11,12). The van der Waals surface area contributed by atoms with Crippen molar-refractivity contribution < 1.29 is 0 Å². The van der Waals surface area contributed by atoms with Gasteiger partial charge in [0.05, 0.1) is 0 Å². The lowest BCUT2D eigenvalue weighted by atomic mass is 10.3. The van der Waals surface area contributed by atoms with Gasteiger partial charge in [0.15, 0.2) is 5.16 Å². The molecule has 0 spiro atoms. The van der Waals surface area contributed by atoms with E-state index < -0.39 is 0 Å². The van der Waals surface area contributed by atoms with Gasteiger partial charge in [-0.15, -0.1) is 0 Å². The Balaban J connectivity index is 2.19. The van der Waals surface area contributed by atoms with Gasteiger partial charge >= 0.3 is 0 Å². The number of aromatic nitrogens is 3. The molecule has 0 atom stereocenters. The van der Waals surface area contributed by atoms with E-state index in [0.717, 1.165) is 15.7 Å². The minimum Gasteiger partial charge on any atom is -0.399 e. The Morgan fingerprint density at radius 2 is 2.31 bits per heavy atom. The predicted octanol–water partition coefficient (Wildman–Crippen LogP) is 1.54. The summed E-state index contributed by atoms with van der Waals surface area (Å²) in [6, 6.07) is 7.63. The van der Waals surface area contributed by atoms with Crippen LogP contribution in [0.1, 0.15) is 0 Å². The molecule has 0 aliphatic rings. The molecule has 1 aromatic carbocycles. The molecule has 0 bridgehead atoms. The SMILES string of the molecule is Nc1cccc(Sc2ncn[nH]2)c1. The van der Waals surface area contributed by atoms with E-state index in [2.05, 4.69) is 15.2 Å². The van der Waals surface area contributed by atoms with E-state index in [9.17, 15) is 0 Å². The molecule has 5 heteroatoms. The molecule has 0 saturated heterocycles. The molecule has 0 saturated carbocycles. The first kappa shape index (κ1) is 8.12. The summed E-state index contributed by atoms with van der Waals surface area (Å²) in [5.41, 5.74) is 6.38. The van der Waals surface area contributed by atoms with Crippen LogP contribution in [0.25, 0.3) is 0 Å². The maximum atomic E-state index is 5.63. The topological polar surface area (TPSA) is 67.6 Å². The minimum atomic E-state index is 0.754. The van der Waals surface area contributed by atoms with Crippen LogP contribution in [0.15, 0.2) is 40.6 Å². The maximum Gasteiger partial charge on any atom is 0.188 e. The third-order valence-electron chi connectivity index (χ3n) is 1.47. The zero-order chi connectivity index (χ0) is 9.10. The van der Waals surface area contributed by atoms with Crippen molar-refractivity contribution in [3.05, 3.63) is 30.6 Å². The minimum absolute atomic E-state index is 0.754. The maximum absolute atomic E-state index is 5.63. The van der Waals surface area contributed by atoms with Crippen LogP contribution in [0, 0.1) is 0 Å². The Morgan fingerprint density at radius 3 is 3.00 bits per heavy atom. The lowest BCUT2D eigenvalue weighted by molar-refractivity contribution is 0.973. The molecule has 13 heavy (non-hydrogen) atoms. The van der Waals surface area contributed by atoms with Gasteiger partial charge in [0.25, 0.3) is 0 Å². The van der Waals surface area contributed by atoms with Crippen molar-refractivity contribution in [2.75, 3.05) is 5.73 Å². The number of nitrogen functional groups attached to an aromatic ring is 1. The highest BCUT2D eigenvalue weighted by Crippen LogP contribution is 2.24. The molecule has 2 aromatic rings. The van der Waals surface area contributed by atoms with Gasteiger partial charge in [-0.05, 0) is 18.2 Å². The van der Waals surface area contributed by atoms with E-state index >= 15 is 0 Å². The summed E-state index contributed by atoms with van der Waals surface area (Å²) in [4.78, 5) is 5.05. The quantitative estimate of drug-likeness (QED) is 0.708. The van der Waals surface area contributed by atoms with Crippen LogP contribution in [0.4, 0.5) is 5.69 Å². The van der Waals surface area contributed by atoms with Gasteiger partial charge in [-0.1, -0.05) is 17.8 Å². The van der Waals surface area contributed by atoms with Gasteiger partial charge in [0, 0.05) is 10.6 Å². The lowest BCUT2D eigenvalue weighted by Crippen LogP contribution is -1.83. The number of aromatic amines is 1. The van der Waals surface area contributed by atoms with Crippen molar-refractivity contribution in [3.8, 4) is 0 Å². The molecular formula is C8H8N4S. The van der Waals surface area contributed by atoms with E-state index in [-0.39, 0.29) is 0 Å². The molecular weight excluding hydrogens is 184 g/mol. The summed E-state index contributed by atoms with van der Waals surface area (Å²) in [7, 11) is 0. The van der Waals surface area contributed by atoms with E-state index in [1.54, 1.807) is 0 Å². The molecule has 0 amide bonds. The molecule has 1 aromatic heterocycles. The van der Waals surface area contributed by atoms with Gasteiger partial charge in [-0.2, -0.15) is 5.10 Å². The van der Waals surface area contributed by atoms with E-state index in [1.165, 1.54) is 18.1 Å². The molecule has 0 aliphatic heterocycles. The molecule has 2 rings (SSSR count). The molecule has 1 heterocycles. The Morgan fingerprint density at radius 1 is 1.38 bits per heavy atom. The average Bonchev–Trinajstić information content (AvgIpc) is 2.57. The van der Waals surface area contributed by atoms with Crippen LogP contribution in [0.3, 0.4) is 0 Å². The number of nitrogens with zero attached hydrogens (tertiary/aromatic N) is 2. The van der Waals surface area contributed by atoms with Crippen LogP contribution in [-0.4, -0.2) is 15.2 Å². The van der Waals surface area contributed by atoms with Crippen molar-refractivity contribution in [2.24, 2.45) is 0 Å². The summed E-state index contributed by atoms with van der Waals surface area (Å²) in [5.74, 6) is 0. The van der Waals surface area contributed by atoms with E-state index in [0.29, 0.717) is 0 Å². The molecule has 0 radical (unpaired) electrons. The fourth-order valence-corrected chi connectivity index (χ4v) is 1.70. The summed E-state index contributed by atoms with van der Waals surface area (Å²) < 4.78 is 0. The van der Waals surface area contributed by atoms with Crippen molar-refractivity contribution in [1.82, 2.24) is 15.2 Å². The van der Waals surface area contributed by atoms with Crippen LogP contribution in [0.2, 0.25) is 0 Å². The van der Waals surface area contributed by atoms with Gasteiger partial charge in [-0.3, -0.25) is 5.10 Å². The van der Waals surface area contributed by atoms with E-state index in [4.69, 9.17) is 5.73 Å². The third-order valence-corrected chi connectivity index (χ3v) is 2.35. The van der Waals surface area contributed by atoms with Crippen LogP contribution in [0.5, 0.6) is 0 Å². The molecule has 4 nitrogen and oxygen atoms in total. The normalized spacial score (nSPS) is 10.2. The number of anilines is 1. The predicted molar refractivity (Wildman–Crippen MR) is 51.4 cm³/mol. The van der Waals surface area contributed by atoms with Crippen LogP contribution >= 0.6 is 11.8 Å². The van der Waals surface area contributed by atoms with Crippen molar-refractivity contribution in [2.45, 2.75) is 10.1 Å². The first-order valence-corrected chi connectivity index (χ1v) is 4.55. The highest BCUT2D eigenvalue weighted by Gasteiger charge is 1.98. The average molecular weight is 192 g/mol. The summed E-state index contributed by atoms with van der Waals surface area (Å²) in [6.45, 7) is 0. The smallest absolute Gasteiger partial charge is 0.188 e. The van der Waals surface area contributed by atoms with Crippen molar-refractivity contribution >= 4 is 17.4 Å². The van der Waals surface area contributed by atoms with E-state index in [1.807, 2.05) is 24.3 Å². The summed E-state index contributed by atoms with van der Waals surface area (Å²) in [5, 5.41) is 7.29. The molecule has 0 aliphatic carbocycles. The number of nitrogens with one attached hydrogen (secondary N) is 1. The number of H-pyrrole nitrogens is 1. The summed E-state index contributed by atoms with van der Waals surface area (Å²) >= 11 is 1.50. The number of hydrogen-bond donors (Lipinski definition) is 2. The molecule has 0 fully saturated rings. The zero-order valence-corrected chi connectivity index (χ0v) is 7.58. The second-order valence-corrected chi connectivity index (χ2v) is 3.53. The number of benzene rings is 1. The first-order valence-electron chi connectivity index (χ1n) is 3.73. The first-order chi connectivity index (χ1) is 6.34. The molecule has 66 valence electrons. The Labute approximate surface area is 79.6 Å². The van der Waals surface area contributed by atoms with Crippen LogP contribution in [-0.2, 0) is 0 Å². The number of nitrogens with two attached hydrogens (primary N) is 1. The van der Waals surface area contributed by atoms with Gasteiger partial charge in [-0.25, -0.2) is 4.98 Å². The molecule has 0 unspecified atom stereocenters. The number of rotatable bonds is 2. The second kappa shape index (κ2) is 3.49. The van der Waals surface area contributed by atoms with Crippen molar-refractivity contribution in [3.63, 3.8) is 0 Å². The Bertz CT molecular complexity index is 385. The Hall–Kier alpha value is -1.49. The lowest BCUT2D eigenvalue weighted by Gasteiger charge is -1.97. The largest absolute Gasteiger partial charge is 0.399 e. The molecule has 3 N–H and O–H groups in total. The fourth-order valence-electron chi connectivity index (χ4n) is 0.933. The van der Waals surface area contributed by atoms with Crippen LogP contribution < -0.4 is 5.73 Å². The highest BCUT2D eigenvalue weighted by atomic mass is 32.2. The monoisotopic (exact) mass is 192 g/mol. The fraction of sp³-hybridized carbons (Fsp3) is 0. The highest BCUT2D eigenvalue weighted by molar-refractivity contribution is 7.99. The van der Waals surface area contributed by atoms with Gasteiger partial charge in [0.2, 0.25) is 0 Å². The zero-order valence-electron chi connectivity index (χ0n) is 6.77. The van der Waals surface area contributed by atoms with Gasteiger partial charge < -0.3 is 5.73 Å². The Kier molecular flexibility index (Phi) is 2.18. The third kappa shape index (κ3) is 2.00.